The number of hydrogen-bond acceptors (Lipinski definition) is 3. The second kappa shape index (κ2) is 7.80. The number of nitrogens with zero attached hydrogens (tertiary/aromatic N) is 1. The maximum absolute atomic E-state index is 12.7. The molecule has 3 rings (SSSR count). The summed E-state index contributed by atoms with van der Waals surface area (Å²) in [5.74, 6) is -0.296. The molecule has 0 spiro atoms. The summed E-state index contributed by atoms with van der Waals surface area (Å²) in [4.78, 5) is 14.7. The highest BCUT2D eigenvalue weighted by Crippen LogP contribution is 2.29. The molecule has 26 heavy (non-hydrogen) atoms. The average Bonchev–Trinajstić information content (AvgIpc) is 3.44. The Morgan fingerprint density at radius 3 is 2.27 bits per heavy atom. The van der Waals surface area contributed by atoms with Crippen molar-refractivity contribution in [2.45, 2.75) is 43.7 Å². The van der Waals surface area contributed by atoms with Crippen LogP contribution in [0.15, 0.2) is 53.4 Å². The number of amides is 1. The van der Waals surface area contributed by atoms with Crippen LogP contribution in [0.5, 0.6) is 0 Å². The van der Waals surface area contributed by atoms with E-state index in [0.29, 0.717) is 11.6 Å². The number of sulfone groups is 1. The van der Waals surface area contributed by atoms with E-state index in [4.69, 9.17) is 11.6 Å². The zero-order chi connectivity index (χ0) is 18.7. The number of carbonyl (C=O) groups excluding carboxylic acids is 1. The summed E-state index contributed by atoms with van der Waals surface area (Å²) in [5, 5.41) is 0.484. The Morgan fingerprint density at radius 1 is 1.08 bits per heavy atom. The van der Waals surface area contributed by atoms with Crippen LogP contribution in [0.25, 0.3) is 0 Å². The van der Waals surface area contributed by atoms with Crippen LogP contribution in [0.1, 0.15) is 30.4 Å². The zero-order valence-corrected chi connectivity index (χ0v) is 16.3. The molecule has 0 radical (unpaired) electrons. The molecule has 0 atom stereocenters. The minimum Gasteiger partial charge on any atom is -0.335 e. The van der Waals surface area contributed by atoms with E-state index < -0.39 is 9.84 Å². The quantitative estimate of drug-likeness (QED) is 0.716. The van der Waals surface area contributed by atoms with E-state index in [-0.39, 0.29) is 29.0 Å². The fourth-order valence-corrected chi connectivity index (χ4v) is 4.18. The smallest absolute Gasteiger partial charge is 0.224 e. The molecule has 0 heterocycles. The third-order valence-electron chi connectivity index (χ3n) is 4.54. The fourth-order valence-electron chi connectivity index (χ4n) is 2.82. The zero-order valence-electron chi connectivity index (χ0n) is 14.7. The van der Waals surface area contributed by atoms with Crippen LogP contribution in [0.2, 0.25) is 5.02 Å². The van der Waals surface area contributed by atoms with Crippen molar-refractivity contribution in [3.05, 3.63) is 64.7 Å². The molecule has 0 bridgehead atoms. The number of hydrogen-bond donors (Lipinski definition) is 0. The first-order valence-corrected chi connectivity index (χ1v) is 10.7. The van der Waals surface area contributed by atoms with Gasteiger partial charge in [-0.2, -0.15) is 0 Å². The lowest BCUT2D eigenvalue weighted by molar-refractivity contribution is -0.132. The van der Waals surface area contributed by atoms with Crippen LogP contribution in [-0.4, -0.2) is 31.0 Å². The van der Waals surface area contributed by atoms with Crippen LogP contribution in [0.3, 0.4) is 0 Å². The van der Waals surface area contributed by atoms with Gasteiger partial charge in [-0.25, -0.2) is 8.42 Å². The number of rotatable bonds is 7. The van der Waals surface area contributed by atoms with Gasteiger partial charge in [0, 0.05) is 24.0 Å². The van der Waals surface area contributed by atoms with Gasteiger partial charge in [0.15, 0.2) is 9.84 Å². The standard InChI is InChI=1S/C20H22ClNO3S/c1-15-2-4-16(5-3-15)14-22(18-8-9-18)20(23)12-13-26(24,25)19-10-6-17(21)7-11-19/h2-7,10-11,18H,8-9,12-14H2,1H3. The van der Waals surface area contributed by atoms with Crippen molar-refractivity contribution in [3.8, 4) is 0 Å². The van der Waals surface area contributed by atoms with Crippen LogP contribution in [0, 0.1) is 6.92 Å². The number of aryl methyl sites for hydroxylation is 1. The van der Waals surface area contributed by atoms with Gasteiger partial charge in [-0.05, 0) is 49.6 Å². The van der Waals surface area contributed by atoms with Crippen molar-refractivity contribution >= 4 is 27.3 Å². The normalized spacial score (nSPS) is 14.2. The molecule has 1 fully saturated rings. The summed E-state index contributed by atoms with van der Waals surface area (Å²) in [6, 6.07) is 14.4. The molecule has 0 aliphatic heterocycles. The van der Waals surface area contributed by atoms with Gasteiger partial charge in [0.25, 0.3) is 0 Å². The van der Waals surface area contributed by atoms with Gasteiger partial charge in [0.1, 0.15) is 0 Å². The summed E-state index contributed by atoms with van der Waals surface area (Å²) < 4.78 is 24.9. The second-order valence-electron chi connectivity index (χ2n) is 6.76. The van der Waals surface area contributed by atoms with Gasteiger partial charge in [-0.1, -0.05) is 41.4 Å². The minimum atomic E-state index is -3.50. The summed E-state index contributed by atoms with van der Waals surface area (Å²) in [6.45, 7) is 2.56. The van der Waals surface area contributed by atoms with Crippen LogP contribution in [-0.2, 0) is 21.2 Å². The van der Waals surface area contributed by atoms with Crippen molar-refractivity contribution in [1.29, 1.82) is 0 Å². The van der Waals surface area contributed by atoms with Crippen molar-refractivity contribution in [3.63, 3.8) is 0 Å². The largest absolute Gasteiger partial charge is 0.335 e. The first kappa shape index (κ1) is 18.9. The van der Waals surface area contributed by atoms with Gasteiger partial charge >= 0.3 is 0 Å². The Morgan fingerprint density at radius 2 is 1.69 bits per heavy atom. The Hall–Kier alpha value is -1.85. The average molecular weight is 392 g/mol. The van der Waals surface area contributed by atoms with Crippen molar-refractivity contribution < 1.29 is 13.2 Å². The van der Waals surface area contributed by atoms with Crippen molar-refractivity contribution in [2.75, 3.05) is 5.75 Å². The Bertz CT molecular complexity index is 872. The molecule has 1 aliphatic rings. The fraction of sp³-hybridized carbons (Fsp3) is 0.350. The second-order valence-corrected chi connectivity index (χ2v) is 9.31. The van der Waals surface area contributed by atoms with E-state index in [1.807, 2.05) is 36.1 Å². The predicted octanol–water partition coefficient (Wildman–Crippen LogP) is 4.00. The monoisotopic (exact) mass is 391 g/mol. The molecule has 1 saturated carbocycles. The third-order valence-corrected chi connectivity index (χ3v) is 6.52. The Balaban J connectivity index is 1.64. The maximum atomic E-state index is 12.7. The Kier molecular flexibility index (Phi) is 5.68. The Labute approximate surface area is 159 Å². The molecule has 6 heteroatoms. The van der Waals surface area contributed by atoms with Crippen molar-refractivity contribution in [2.24, 2.45) is 0 Å². The molecule has 138 valence electrons. The van der Waals surface area contributed by atoms with E-state index in [0.717, 1.165) is 18.4 Å². The van der Waals surface area contributed by atoms with E-state index in [2.05, 4.69) is 0 Å². The highest BCUT2D eigenvalue weighted by atomic mass is 35.5. The third kappa shape index (κ3) is 4.86. The molecule has 4 nitrogen and oxygen atoms in total. The molecule has 2 aromatic carbocycles. The summed E-state index contributed by atoms with van der Waals surface area (Å²) >= 11 is 5.80. The highest BCUT2D eigenvalue weighted by Gasteiger charge is 2.33. The molecule has 2 aromatic rings. The molecular weight excluding hydrogens is 370 g/mol. The molecule has 0 unspecified atom stereocenters. The summed E-state index contributed by atoms with van der Waals surface area (Å²) in [7, 11) is -3.50. The van der Waals surface area contributed by atoms with Gasteiger partial charge < -0.3 is 4.90 Å². The number of benzene rings is 2. The summed E-state index contributed by atoms with van der Waals surface area (Å²) in [6.07, 6.45) is 1.97. The molecule has 1 amide bonds. The van der Waals surface area contributed by atoms with E-state index in [1.54, 1.807) is 12.1 Å². The van der Waals surface area contributed by atoms with Crippen LogP contribution >= 0.6 is 11.6 Å². The topological polar surface area (TPSA) is 54.5 Å². The minimum absolute atomic E-state index is 0.00663. The van der Waals surface area contributed by atoms with E-state index in [1.165, 1.54) is 17.7 Å². The predicted molar refractivity (Wildman–Crippen MR) is 103 cm³/mol. The van der Waals surface area contributed by atoms with E-state index >= 15 is 0 Å². The summed E-state index contributed by atoms with van der Waals surface area (Å²) in [5.41, 5.74) is 2.24. The van der Waals surface area contributed by atoms with Crippen molar-refractivity contribution in [1.82, 2.24) is 4.90 Å². The SMILES string of the molecule is Cc1ccc(CN(C(=O)CCS(=O)(=O)c2ccc(Cl)cc2)C2CC2)cc1. The van der Waals surface area contributed by atoms with Crippen LogP contribution < -0.4 is 0 Å². The molecule has 1 aliphatic carbocycles. The van der Waals surface area contributed by atoms with Gasteiger partial charge in [0.05, 0.1) is 10.6 Å². The van der Waals surface area contributed by atoms with Gasteiger partial charge in [-0.15, -0.1) is 0 Å². The van der Waals surface area contributed by atoms with Gasteiger partial charge in [0.2, 0.25) is 5.91 Å². The first-order valence-electron chi connectivity index (χ1n) is 8.68. The highest BCUT2D eigenvalue weighted by molar-refractivity contribution is 7.91. The molecular formula is C20H22ClNO3S. The molecule has 0 N–H and O–H groups in total. The number of halogens is 1. The van der Waals surface area contributed by atoms with E-state index in [9.17, 15) is 13.2 Å². The lowest BCUT2D eigenvalue weighted by Crippen LogP contribution is -2.33. The van der Waals surface area contributed by atoms with Gasteiger partial charge in [-0.3, -0.25) is 4.79 Å². The molecule has 0 aromatic heterocycles. The number of carbonyl (C=O) groups is 1. The van der Waals surface area contributed by atoms with Crippen LogP contribution in [0.4, 0.5) is 0 Å². The maximum Gasteiger partial charge on any atom is 0.224 e. The lowest BCUT2D eigenvalue weighted by atomic mass is 10.1. The lowest BCUT2D eigenvalue weighted by Gasteiger charge is -2.23. The first-order chi connectivity index (χ1) is 12.3. The molecule has 0 saturated heterocycles.